The summed E-state index contributed by atoms with van der Waals surface area (Å²) in [5.41, 5.74) is 4.13. The monoisotopic (exact) mass is 425 g/mol. The van der Waals surface area contributed by atoms with Gasteiger partial charge in [-0.25, -0.2) is 5.43 Å². The molecule has 0 fully saturated rings. The molecule has 31 heavy (non-hydrogen) atoms. The lowest BCUT2D eigenvalue weighted by atomic mass is 10.1. The van der Waals surface area contributed by atoms with Crippen molar-refractivity contribution in [3.05, 3.63) is 60.2 Å². The molecule has 8 nitrogen and oxygen atoms in total. The van der Waals surface area contributed by atoms with Gasteiger partial charge in [0.25, 0.3) is 0 Å². The van der Waals surface area contributed by atoms with Gasteiger partial charge < -0.3 is 19.9 Å². The molecule has 2 amide bonds. The number of phenols is 1. The Morgan fingerprint density at radius 1 is 1.10 bits per heavy atom. The van der Waals surface area contributed by atoms with Crippen LogP contribution in [0, 0.1) is 0 Å². The molecule has 2 aromatic carbocycles. The number of phenolic OH excluding ortho intramolecular Hbond substituents is 1. The Bertz CT molecular complexity index is 939. The van der Waals surface area contributed by atoms with Crippen molar-refractivity contribution in [2.45, 2.75) is 26.7 Å². The van der Waals surface area contributed by atoms with Crippen LogP contribution in [0.2, 0.25) is 0 Å². The van der Waals surface area contributed by atoms with E-state index in [0.717, 1.165) is 0 Å². The molecule has 0 spiro atoms. The number of nitrogens with zero attached hydrogens (tertiary/aromatic N) is 1. The van der Waals surface area contributed by atoms with Crippen molar-refractivity contribution in [2.24, 2.45) is 5.10 Å². The summed E-state index contributed by atoms with van der Waals surface area (Å²) in [6, 6.07) is 10.2. The number of allylic oxidation sites excluding steroid dienone is 1. The van der Waals surface area contributed by atoms with Crippen LogP contribution in [0.4, 0.5) is 5.69 Å². The average molecular weight is 425 g/mol. The van der Waals surface area contributed by atoms with E-state index in [2.05, 4.69) is 22.4 Å². The summed E-state index contributed by atoms with van der Waals surface area (Å²) < 4.78 is 10.8. The second-order valence-corrected chi connectivity index (χ2v) is 6.43. The summed E-state index contributed by atoms with van der Waals surface area (Å²) in [4.78, 5) is 24.0. The molecule has 164 valence electrons. The van der Waals surface area contributed by atoms with E-state index >= 15 is 0 Å². The first-order valence-corrected chi connectivity index (χ1v) is 9.91. The number of benzene rings is 2. The van der Waals surface area contributed by atoms with Crippen LogP contribution in [-0.2, 0) is 16.0 Å². The van der Waals surface area contributed by atoms with Gasteiger partial charge in [0.1, 0.15) is 12.2 Å². The standard InChI is InChI=1S/C23H27N3O5/c1-4-7-17-12-16(13-20(23(17)29)31-6-3)15-24-26-22(28)14-21(27)25-18-8-10-19(11-9-18)30-5-2/h4,8-13,15,29H,1,5-7,14H2,2-3H3,(H,25,27)(H,26,28). The zero-order chi connectivity index (χ0) is 22.6. The number of anilines is 1. The normalized spacial score (nSPS) is 10.5. The highest BCUT2D eigenvalue weighted by Crippen LogP contribution is 2.31. The van der Waals surface area contributed by atoms with E-state index in [1.807, 2.05) is 13.8 Å². The van der Waals surface area contributed by atoms with Gasteiger partial charge in [-0.1, -0.05) is 6.08 Å². The van der Waals surface area contributed by atoms with Crippen molar-refractivity contribution in [3.63, 3.8) is 0 Å². The summed E-state index contributed by atoms with van der Waals surface area (Å²) in [5, 5.41) is 16.7. The lowest BCUT2D eigenvalue weighted by Gasteiger charge is -2.10. The predicted molar refractivity (Wildman–Crippen MR) is 120 cm³/mol. The van der Waals surface area contributed by atoms with Crippen LogP contribution in [0.15, 0.2) is 54.2 Å². The Balaban J connectivity index is 1.92. The molecule has 0 saturated heterocycles. The Labute approximate surface area is 181 Å². The third-order valence-electron chi connectivity index (χ3n) is 4.01. The van der Waals surface area contributed by atoms with Crippen LogP contribution in [-0.4, -0.2) is 36.3 Å². The highest BCUT2D eigenvalue weighted by Gasteiger charge is 2.11. The number of ether oxygens (including phenoxy) is 2. The summed E-state index contributed by atoms with van der Waals surface area (Å²) >= 11 is 0. The summed E-state index contributed by atoms with van der Waals surface area (Å²) in [5.74, 6) is 0.0482. The maximum atomic E-state index is 12.0. The fourth-order valence-corrected chi connectivity index (χ4v) is 2.71. The van der Waals surface area contributed by atoms with Crippen molar-refractivity contribution in [1.82, 2.24) is 5.43 Å². The number of amides is 2. The molecule has 0 unspecified atom stereocenters. The van der Waals surface area contributed by atoms with Gasteiger partial charge >= 0.3 is 0 Å². The van der Waals surface area contributed by atoms with Gasteiger partial charge in [-0.2, -0.15) is 5.10 Å². The first-order valence-electron chi connectivity index (χ1n) is 9.91. The van der Waals surface area contributed by atoms with Crippen LogP contribution in [0.5, 0.6) is 17.2 Å². The number of carbonyl (C=O) groups is 2. The second-order valence-electron chi connectivity index (χ2n) is 6.43. The van der Waals surface area contributed by atoms with Crippen molar-refractivity contribution >= 4 is 23.7 Å². The van der Waals surface area contributed by atoms with E-state index in [1.54, 1.807) is 42.5 Å². The van der Waals surface area contributed by atoms with E-state index in [1.165, 1.54) is 6.21 Å². The van der Waals surface area contributed by atoms with Gasteiger partial charge in [-0.05, 0) is 62.2 Å². The topological polar surface area (TPSA) is 109 Å². The Morgan fingerprint density at radius 3 is 2.45 bits per heavy atom. The number of rotatable bonds is 11. The van der Waals surface area contributed by atoms with Crippen LogP contribution in [0.3, 0.4) is 0 Å². The quantitative estimate of drug-likeness (QED) is 0.221. The molecule has 3 N–H and O–H groups in total. The third-order valence-corrected chi connectivity index (χ3v) is 4.01. The Kier molecular flexibility index (Phi) is 9.10. The fourth-order valence-electron chi connectivity index (χ4n) is 2.71. The molecule has 0 aromatic heterocycles. The van der Waals surface area contributed by atoms with Gasteiger partial charge in [0.2, 0.25) is 11.8 Å². The Morgan fingerprint density at radius 2 is 1.81 bits per heavy atom. The zero-order valence-corrected chi connectivity index (χ0v) is 17.7. The first-order chi connectivity index (χ1) is 15.0. The van der Waals surface area contributed by atoms with Crippen molar-refractivity contribution < 1.29 is 24.2 Å². The summed E-state index contributed by atoms with van der Waals surface area (Å²) in [6.45, 7) is 8.31. The molecule has 2 aromatic rings. The SMILES string of the molecule is C=CCc1cc(C=NNC(=O)CC(=O)Nc2ccc(OCC)cc2)cc(OCC)c1O. The van der Waals surface area contributed by atoms with Gasteiger partial charge in [0, 0.05) is 11.3 Å². The van der Waals surface area contributed by atoms with E-state index in [0.29, 0.717) is 47.9 Å². The molecule has 0 aliphatic rings. The van der Waals surface area contributed by atoms with Crippen molar-refractivity contribution in [2.75, 3.05) is 18.5 Å². The van der Waals surface area contributed by atoms with Gasteiger partial charge in [0.15, 0.2) is 11.5 Å². The molecule has 0 aliphatic carbocycles. The number of hydrogen-bond donors (Lipinski definition) is 3. The largest absolute Gasteiger partial charge is 0.504 e. The van der Waals surface area contributed by atoms with Crippen LogP contribution >= 0.6 is 0 Å². The molecule has 0 heterocycles. The van der Waals surface area contributed by atoms with Crippen LogP contribution in [0.25, 0.3) is 0 Å². The number of carbonyl (C=O) groups excluding carboxylic acids is 2. The highest BCUT2D eigenvalue weighted by atomic mass is 16.5. The Hall–Kier alpha value is -3.81. The highest BCUT2D eigenvalue weighted by molar-refractivity contribution is 6.03. The minimum atomic E-state index is -0.560. The maximum absolute atomic E-state index is 12.0. The van der Waals surface area contributed by atoms with E-state index in [-0.39, 0.29) is 12.2 Å². The lowest BCUT2D eigenvalue weighted by molar-refractivity contribution is -0.126. The van der Waals surface area contributed by atoms with E-state index < -0.39 is 11.8 Å². The van der Waals surface area contributed by atoms with Gasteiger partial charge in [0.05, 0.1) is 19.4 Å². The van der Waals surface area contributed by atoms with E-state index in [4.69, 9.17) is 9.47 Å². The van der Waals surface area contributed by atoms with Gasteiger partial charge in [-0.15, -0.1) is 6.58 Å². The summed E-state index contributed by atoms with van der Waals surface area (Å²) in [7, 11) is 0. The smallest absolute Gasteiger partial charge is 0.249 e. The maximum Gasteiger partial charge on any atom is 0.249 e. The number of hydrogen-bond acceptors (Lipinski definition) is 6. The first kappa shape index (κ1) is 23.5. The van der Waals surface area contributed by atoms with Crippen LogP contribution in [0.1, 0.15) is 31.4 Å². The lowest BCUT2D eigenvalue weighted by Crippen LogP contribution is -2.24. The second kappa shape index (κ2) is 12.0. The number of nitrogens with one attached hydrogen (secondary N) is 2. The predicted octanol–water partition coefficient (Wildman–Crippen LogP) is 3.40. The zero-order valence-electron chi connectivity index (χ0n) is 17.7. The molecular weight excluding hydrogens is 398 g/mol. The molecule has 0 radical (unpaired) electrons. The summed E-state index contributed by atoms with van der Waals surface area (Å²) in [6.07, 6.45) is 3.14. The molecule has 0 atom stereocenters. The molecular formula is C23H27N3O5. The number of aromatic hydroxyl groups is 1. The minimum absolute atomic E-state index is 0.0499. The van der Waals surface area contributed by atoms with Crippen LogP contribution < -0.4 is 20.2 Å². The van der Waals surface area contributed by atoms with Gasteiger partial charge in [-0.3, -0.25) is 9.59 Å². The number of hydrazone groups is 1. The molecule has 2 rings (SSSR count). The van der Waals surface area contributed by atoms with E-state index in [9.17, 15) is 14.7 Å². The molecule has 0 aliphatic heterocycles. The van der Waals surface area contributed by atoms with Crippen molar-refractivity contribution in [1.29, 1.82) is 0 Å². The average Bonchev–Trinajstić information content (AvgIpc) is 2.73. The van der Waals surface area contributed by atoms with Crippen molar-refractivity contribution in [3.8, 4) is 17.2 Å². The minimum Gasteiger partial charge on any atom is -0.504 e. The molecule has 8 heteroatoms. The molecule has 0 bridgehead atoms. The molecule has 0 saturated carbocycles. The fraction of sp³-hybridized carbons (Fsp3) is 0.261. The third kappa shape index (κ3) is 7.50.